The minimum absolute atomic E-state index is 0.699. The smallest absolute Gasteiger partial charge is 0.0198 e. The van der Waals surface area contributed by atoms with E-state index < -0.39 is 0 Å². The van der Waals surface area contributed by atoms with E-state index in [1.54, 1.807) is 0 Å². The molecule has 1 fully saturated rings. The van der Waals surface area contributed by atoms with Gasteiger partial charge in [-0.2, -0.15) is 0 Å². The maximum absolute atomic E-state index is 3.69. The summed E-state index contributed by atoms with van der Waals surface area (Å²) in [5.74, 6) is 0.800. The molecule has 0 radical (unpaired) electrons. The van der Waals surface area contributed by atoms with Crippen LogP contribution in [0.3, 0.4) is 0 Å². The van der Waals surface area contributed by atoms with Crippen molar-refractivity contribution in [3.63, 3.8) is 0 Å². The molecule has 1 N–H and O–H groups in total. The van der Waals surface area contributed by atoms with Crippen molar-refractivity contribution < 1.29 is 0 Å². The largest absolute Gasteiger partial charge is 0.311 e. The molecule has 3 atom stereocenters. The van der Waals surface area contributed by atoms with Crippen LogP contribution in [-0.4, -0.2) is 36.1 Å². The van der Waals surface area contributed by atoms with Gasteiger partial charge in [0.2, 0.25) is 0 Å². The average molecular weight is 226 g/mol. The van der Waals surface area contributed by atoms with Gasteiger partial charge < -0.3 is 5.32 Å². The lowest BCUT2D eigenvalue weighted by Gasteiger charge is -2.43. The number of rotatable bonds is 5. The van der Waals surface area contributed by atoms with Crippen LogP contribution in [0.2, 0.25) is 0 Å². The zero-order valence-electron chi connectivity index (χ0n) is 11.8. The van der Waals surface area contributed by atoms with E-state index in [1.807, 2.05) is 0 Å². The Balaban J connectivity index is 2.47. The van der Waals surface area contributed by atoms with Crippen LogP contribution in [0.4, 0.5) is 0 Å². The summed E-state index contributed by atoms with van der Waals surface area (Å²) < 4.78 is 0. The van der Waals surface area contributed by atoms with Crippen molar-refractivity contribution in [3.8, 4) is 0 Å². The number of nitrogens with zero attached hydrogens (tertiary/aromatic N) is 1. The molecular formula is C14H30N2. The van der Waals surface area contributed by atoms with Crippen molar-refractivity contribution in [1.82, 2.24) is 10.2 Å². The normalized spacial score (nSPS) is 29.6. The van der Waals surface area contributed by atoms with Crippen molar-refractivity contribution in [3.05, 3.63) is 0 Å². The van der Waals surface area contributed by atoms with Gasteiger partial charge in [0, 0.05) is 31.2 Å². The fraction of sp³-hybridized carbons (Fsp3) is 1.00. The molecule has 0 aliphatic carbocycles. The highest BCUT2D eigenvalue weighted by Gasteiger charge is 2.27. The lowest BCUT2D eigenvalue weighted by atomic mass is 9.98. The molecule has 0 saturated carbocycles. The first-order chi connectivity index (χ1) is 7.54. The highest BCUT2D eigenvalue weighted by atomic mass is 15.2. The molecule has 1 saturated heterocycles. The Labute approximate surface area is 102 Å². The average Bonchev–Trinajstić information content (AvgIpc) is 2.20. The van der Waals surface area contributed by atoms with E-state index in [4.69, 9.17) is 0 Å². The van der Waals surface area contributed by atoms with Crippen LogP contribution < -0.4 is 5.32 Å². The Kier molecular flexibility index (Phi) is 5.77. The maximum atomic E-state index is 3.69. The van der Waals surface area contributed by atoms with Crippen molar-refractivity contribution >= 4 is 0 Å². The standard InChI is InChI=1S/C14H30N2/c1-6-7-12(4)16-10-14(8-11(2)3)15-9-13(16)5/h11-15H,6-10H2,1-5H3. The molecule has 0 aromatic heterocycles. The zero-order valence-corrected chi connectivity index (χ0v) is 11.8. The molecule has 16 heavy (non-hydrogen) atoms. The van der Waals surface area contributed by atoms with Crippen LogP contribution in [-0.2, 0) is 0 Å². The third-order valence-corrected chi connectivity index (χ3v) is 3.73. The second kappa shape index (κ2) is 6.61. The lowest BCUT2D eigenvalue weighted by Crippen LogP contribution is -2.58. The van der Waals surface area contributed by atoms with E-state index >= 15 is 0 Å². The van der Waals surface area contributed by atoms with Gasteiger partial charge in [-0.25, -0.2) is 0 Å². The van der Waals surface area contributed by atoms with E-state index in [2.05, 4.69) is 44.8 Å². The predicted octanol–water partition coefficient (Wildman–Crippen LogP) is 2.88. The molecule has 3 unspecified atom stereocenters. The molecule has 0 amide bonds. The summed E-state index contributed by atoms with van der Waals surface area (Å²) in [7, 11) is 0. The Bertz CT molecular complexity index is 191. The van der Waals surface area contributed by atoms with Gasteiger partial charge in [0.25, 0.3) is 0 Å². The van der Waals surface area contributed by atoms with E-state index in [0.29, 0.717) is 12.1 Å². The number of piperazine rings is 1. The fourth-order valence-corrected chi connectivity index (χ4v) is 2.88. The molecular weight excluding hydrogens is 196 g/mol. The molecule has 0 bridgehead atoms. The Hall–Kier alpha value is -0.0800. The molecule has 0 aromatic rings. The first-order valence-electron chi connectivity index (χ1n) is 7.03. The van der Waals surface area contributed by atoms with Gasteiger partial charge in [-0.05, 0) is 32.6 Å². The minimum atomic E-state index is 0.699. The van der Waals surface area contributed by atoms with Gasteiger partial charge in [0.1, 0.15) is 0 Å². The van der Waals surface area contributed by atoms with Crippen LogP contribution in [0.1, 0.15) is 53.9 Å². The summed E-state index contributed by atoms with van der Waals surface area (Å²) in [6.45, 7) is 14.1. The van der Waals surface area contributed by atoms with Crippen molar-refractivity contribution in [2.45, 2.75) is 72.0 Å². The topological polar surface area (TPSA) is 15.3 Å². The molecule has 1 heterocycles. The first-order valence-corrected chi connectivity index (χ1v) is 7.03. The second-order valence-electron chi connectivity index (χ2n) is 5.92. The monoisotopic (exact) mass is 226 g/mol. The fourth-order valence-electron chi connectivity index (χ4n) is 2.88. The molecule has 1 rings (SSSR count). The quantitative estimate of drug-likeness (QED) is 0.775. The molecule has 0 aromatic carbocycles. The lowest BCUT2D eigenvalue weighted by molar-refractivity contribution is 0.0879. The molecule has 2 heteroatoms. The van der Waals surface area contributed by atoms with Gasteiger partial charge in [-0.3, -0.25) is 4.90 Å². The summed E-state index contributed by atoms with van der Waals surface area (Å²) in [5.41, 5.74) is 0. The summed E-state index contributed by atoms with van der Waals surface area (Å²) in [5, 5.41) is 3.69. The van der Waals surface area contributed by atoms with Gasteiger partial charge >= 0.3 is 0 Å². The highest BCUT2D eigenvalue weighted by molar-refractivity contribution is 4.86. The van der Waals surface area contributed by atoms with E-state index in [1.165, 1.54) is 25.8 Å². The Morgan fingerprint density at radius 1 is 1.31 bits per heavy atom. The SMILES string of the molecule is CCCC(C)N1CC(CC(C)C)NCC1C. The van der Waals surface area contributed by atoms with Crippen LogP contribution in [0.5, 0.6) is 0 Å². The molecule has 1 aliphatic heterocycles. The third kappa shape index (κ3) is 4.06. The second-order valence-corrected chi connectivity index (χ2v) is 5.92. The summed E-state index contributed by atoms with van der Waals surface area (Å²) in [6.07, 6.45) is 3.94. The first kappa shape index (κ1) is 14.0. The highest BCUT2D eigenvalue weighted by Crippen LogP contribution is 2.17. The van der Waals surface area contributed by atoms with Crippen LogP contribution in [0.15, 0.2) is 0 Å². The van der Waals surface area contributed by atoms with Crippen LogP contribution in [0.25, 0.3) is 0 Å². The van der Waals surface area contributed by atoms with Gasteiger partial charge in [0.05, 0.1) is 0 Å². The van der Waals surface area contributed by atoms with Crippen LogP contribution >= 0.6 is 0 Å². The van der Waals surface area contributed by atoms with Crippen molar-refractivity contribution in [2.75, 3.05) is 13.1 Å². The van der Waals surface area contributed by atoms with Crippen molar-refractivity contribution in [1.29, 1.82) is 0 Å². The third-order valence-electron chi connectivity index (χ3n) is 3.73. The number of hydrogen-bond acceptors (Lipinski definition) is 2. The summed E-state index contributed by atoms with van der Waals surface area (Å²) in [6, 6.07) is 2.15. The predicted molar refractivity (Wildman–Crippen MR) is 71.8 cm³/mol. The van der Waals surface area contributed by atoms with Gasteiger partial charge in [0.15, 0.2) is 0 Å². The van der Waals surface area contributed by atoms with E-state index in [0.717, 1.165) is 18.5 Å². The molecule has 96 valence electrons. The van der Waals surface area contributed by atoms with E-state index in [-0.39, 0.29) is 0 Å². The summed E-state index contributed by atoms with van der Waals surface area (Å²) >= 11 is 0. The Morgan fingerprint density at radius 3 is 2.56 bits per heavy atom. The van der Waals surface area contributed by atoms with Crippen LogP contribution in [0, 0.1) is 5.92 Å². The van der Waals surface area contributed by atoms with Crippen molar-refractivity contribution in [2.24, 2.45) is 5.92 Å². The zero-order chi connectivity index (χ0) is 12.1. The van der Waals surface area contributed by atoms with E-state index in [9.17, 15) is 0 Å². The molecule has 0 spiro atoms. The molecule has 1 aliphatic rings. The van der Waals surface area contributed by atoms with Gasteiger partial charge in [-0.1, -0.05) is 27.2 Å². The number of hydrogen-bond donors (Lipinski definition) is 1. The Morgan fingerprint density at radius 2 is 2.00 bits per heavy atom. The maximum Gasteiger partial charge on any atom is 0.0198 e. The van der Waals surface area contributed by atoms with Gasteiger partial charge in [-0.15, -0.1) is 0 Å². The number of nitrogens with one attached hydrogen (secondary N) is 1. The minimum Gasteiger partial charge on any atom is -0.311 e. The molecule has 2 nitrogen and oxygen atoms in total. The summed E-state index contributed by atoms with van der Waals surface area (Å²) in [4.78, 5) is 2.70.